The van der Waals surface area contributed by atoms with Crippen molar-refractivity contribution in [2.24, 2.45) is 5.41 Å². The zero-order valence-electron chi connectivity index (χ0n) is 12.7. The van der Waals surface area contributed by atoms with E-state index in [4.69, 9.17) is 4.74 Å². The highest BCUT2D eigenvalue weighted by atomic mass is 16.5. The second kappa shape index (κ2) is 4.20. The zero-order valence-corrected chi connectivity index (χ0v) is 12.7. The van der Waals surface area contributed by atoms with E-state index in [-0.39, 0.29) is 11.5 Å². The van der Waals surface area contributed by atoms with E-state index in [1.54, 1.807) is 6.20 Å². The number of nitrogens with zero attached hydrogens (tertiary/aromatic N) is 1. The van der Waals surface area contributed by atoms with Gasteiger partial charge in [0.15, 0.2) is 0 Å². The molecule has 1 aliphatic heterocycles. The van der Waals surface area contributed by atoms with Crippen molar-refractivity contribution in [1.82, 2.24) is 4.98 Å². The lowest BCUT2D eigenvalue weighted by molar-refractivity contribution is 0.264. The summed E-state index contributed by atoms with van der Waals surface area (Å²) in [5, 5.41) is 0. The minimum atomic E-state index is 0.0743. The minimum Gasteiger partial charge on any atom is -0.469 e. The number of hydrogen-bond donors (Lipinski definition) is 0. The minimum absolute atomic E-state index is 0.0743. The van der Waals surface area contributed by atoms with Crippen LogP contribution < -0.4 is 4.74 Å². The first-order valence-corrected chi connectivity index (χ1v) is 7.50. The molecule has 4 rings (SSSR count). The quantitative estimate of drug-likeness (QED) is 0.714. The molecule has 2 heteroatoms. The van der Waals surface area contributed by atoms with Gasteiger partial charge in [-0.1, -0.05) is 45.0 Å². The Morgan fingerprint density at radius 1 is 1.05 bits per heavy atom. The summed E-state index contributed by atoms with van der Waals surface area (Å²) in [6.07, 6.45) is 2.85. The molecule has 0 saturated heterocycles. The van der Waals surface area contributed by atoms with Crippen LogP contribution in [0.25, 0.3) is 11.1 Å². The molecule has 0 radical (unpaired) electrons. The van der Waals surface area contributed by atoms with Crippen molar-refractivity contribution in [3.8, 4) is 5.88 Å². The van der Waals surface area contributed by atoms with Gasteiger partial charge in [0.2, 0.25) is 5.88 Å². The fourth-order valence-electron chi connectivity index (χ4n) is 3.59. The zero-order chi connectivity index (χ0) is 14.6. The van der Waals surface area contributed by atoms with Crippen LogP contribution in [0.3, 0.4) is 0 Å². The molecule has 2 heterocycles. The smallest absolute Gasteiger partial charge is 0.221 e. The van der Waals surface area contributed by atoms with Gasteiger partial charge < -0.3 is 4.74 Å². The number of fused-ring (bicyclic) bond motifs is 4. The molecule has 2 nitrogen and oxygen atoms in total. The molecule has 1 aromatic carbocycles. The van der Waals surface area contributed by atoms with Gasteiger partial charge in [-0.2, -0.15) is 0 Å². The summed E-state index contributed by atoms with van der Waals surface area (Å²) in [4.78, 5) is 4.41. The molecule has 106 valence electrons. The number of pyridine rings is 1. The van der Waals surface area contributed by atoms with Crippen LogP contribution in [0.5, 0.6) is 5.88 Å². The highest BCUT2D eigenvalue weighted by Crippen LogP contribution is 2.51. The molecule has 0 fully saturated rings. The van der Waals surface area contributed by atoms with E-state index >= 15 is 0 Å². The third-order valence-corrected chi connectivity index (χ3v) is 4.35. The van der Waals surface area contributed by atoms with Gasteiger partial charge in [-0.15, -0.1) is 0 Å². The Morgan fingerprint density at radius 3 is 2.62 bits per heavy atom. The fourth-order valence-corrected chi connectivity index (χ4v) is 3.59. The molecule has 0 spiro atoms. The van der Waals surface area contributed by atoms with E-state index in [9.17, 15) is 0 Å². The normalized spacial score (nSPS) is 19.7. The highest BCUT2D eigenvalue weighted by Gasteiger charge is 2.39. The van der Waals surface area contributed by atoms with E-state index < -0.39 is 0 Å². The second-order valence-corrected chi connectivity index (χ2v) is 6.86. The average Bonchev–Trinajstić information content (AvgIpc) is 2.81. The Morgan fingerprint density at radius 2 is 1.81 bits per heavy atom. The fraction of sp³-hybridized carbons (Fsp3) is 0.316. The van der Waals surface area contributed by atoms with Crippen molar-refractivity contribution in [2.75, 3.05) is 0 Å². The largest absolute Gasteiger partial charge is 0.469 e. The van der Waals surface area contributed by atoms with E-state index in [0.29, 0.717) is 0 Å². The van der Waals surface area contributed by atoms with Crippen molar-refractivity contribution >= 4 is 11.1 Å². The topological polar surface area (TPSA) is 22.1 Å². The van der Waals surface area contributed by atoms with Gasteiger partial charge in [-0.05, 0) is 34.2 Å². The molecule has 0 amide bonds. The molecule has 0 saturated carbocycles. The molecule has 1 aromatic heterocycles. The summed E-state index contributed by atoms with van der Waals surface area (Å²) < 4.78 is 6.12. The third-order valence-electron chi connectivity index (χ3n) is 4.35. The Balaban J connectivity index is 2.05. The SMILES string of the molecule is CC(C)(C)C1=C2c3cccnc3OC2Cc2ccccc21. The molecular weight excluding hydrogens is 258 g/mol. The van der Waals surface area contributed by atoms with Crippen molar-refractivity contribution in [3.05, 3.63) is 59.3 Å². The summed E-state index contributed by atoms with van der Waals surface area (Å²) in [7, 11) is 0. The van der Waals surface area contributed by atoms with Gasteiger partial charge in [0, 0.05) is 23.8 Å². The van der Waals surface area contributed by atoms with E-state index in [0.717, 1.165) is 12.3 Å². The molecule has 1 aliphatic carbocycles. The van der Waals surface area contributed by atoms with Gasteiger partial charge >= 0.3 is 0 Å². The number of hydrogen-bond acceptors (Lipinski definition) is 2. The maximum absolute atomic E-state index is 6.12. The Labute approximate surface area is 125 Å². The summed E-state index contributed by atoms with van der Waals surface area (Å²) in [5.74, 6) is 0.784. The lowest BCUT2D eigenvalue weighted by Crippen LogP contribution is -2.25. The van der Waals surface area contributed by atoms with Crippen molar-refractivity contribution in [1.29, 1.82) is 0 Å². The summed E-state index contributed by atoms with van der Waals surface area (Å²) in [6.45, 7) is 6.84. The van der Waals surface area contributed by atoms with E-state index in [1.165, 1.54) is 27.8 Å². The van der Waals surface area contributed by atoms with Crippen LogP contribution in [0.15, 0.2) is 42.6 Å². The number of allylic oxidation sites excluding steroid dienone is 1. The van der Waals surface area contributed by atoms with E-state index in [1.807, 2.05) is 6.07 Å². The van der Waals surface area contributed by atoms with Crippen LogP contribution in [-0.2, 0) is 6.42 Å². The van der Waals surface area contributed by atoms with Crippen LogP contribution in [0.4, 0.5) is 0 Å². The first-order chi connectivity index (χ1) is 10.1. The molecule has 1 unspecified atom stereocenters. The second-order valence-electron chi connectivity index (χ2n) is 6.86. The van der Waals surface area contributed by atoms with Crippen LogP contribution in [-0.4, -0.2) is 11.1 Å². The average molecular weight is 277 g/mol. The van der Waals surface area contributed by atoms with Crippen molar-refractivity contribution in [2.45, 2.75) is 33.3 Å². The van der Waals surface area contributed by atoms with Gasteiger partial charge in [-0.25, -0.2) is 4.98 Å². The summed E-state index contributed by atoms with van der Waals surface area (Å²) >= 11 is 0. The number of ether oxygens (including phenoxy) is 1. The number of aromatic nitrogens is 1. The first-order valence-electron chi connectivity index (χ1n) is 7.50. The molecule has 0 N–H and O–H groups in total. The molecule has 1 atom stereocenters. The standard InChI is InChI=1S/C19H19NO/c1-19(2,3)17-13-8-5-4-7-12(13)11-15-16(17)14-9-6-10-20-18(14)21-15/h4-10,15H,11H2,1-3H3. The van der Waals surface area contributed by atoms with Crippen LogP contribution >= 0.6 is 0 Å². The van der Waals surface area contributed by atoms with Gasteiger partial charge in [0.1, 0.15) is 6.10 Å². The number of rotatable bonds is 0. The molecular formula is C19H19NO. The molecule has 2 aliphatic rings. The molecule has 2 aromatic rings. The van der Waals surface area contributed by atoms with Crippen LogP contribution in [0, 0.1) is 5.41 Å². The first kappa shape index (κ1) is 12.6. The monoisotopic (exact) mass is 277 g/mol. The van der Waals surface area contributed by atoms with Gasteiger partial charge in [-0.3, -0.25) is 0 Å². The molecule has 21 heavy (non-hydrogen) atoms. The van der Waals surface area contributed by atoms with Crippen molar-refractivity contribution in [3.63, 3.8) is 0 Å². The third kappa shape index (κ3) is 1.82. The number of benzene rings is 1. The summed E-state index contributed by atoms with van der Waals surface area (Å²) in [5.41, 5.74) is 6.73. The summed E-state index contributed by atoms with van der Waals surface area (Å²) in [6, 6.07) is 12.8. The van der Waals surface area contributed by atoms with E-state index in [2.05, 4.69) is 56.1 Å². The van der Waals surface area contributed by atoms with Crippen molar-refractivity contribution < 1.29 is 4.74 Å². The predicted molar refractivity (Wildman–Crippen MR) is 85.1 cm³/mol. The predicted octanol–water partition coefficient (Wildman–Crippen LogP) is 4.36. The van der Waals surface area contributed by atoms with Gasteiger partial charge in [0.05, 0.1) is 0 Å². The molecule has 0 bridgehead atoms. The Hall–Kier alpha value is -2.09. The Bertz CT molecular complexity index is 752. The van der Waals surface area contributed by atoms with Crippen LogP contribution in [0.1, 0.15) is 37.5 Å². The lowest BCUT2D eigenvalue weighted by Gasteiger charge is -2.33. The maximum Gasteiger partial charge on any atom is 0.221 e. The lowest BCUT2D eigenvalue weighted by atomic mass is 9.71. The maximum atomic E-state index is 6.12. The highest BCUT2D eigenvalue weighted by molar-refractivity contribution is 5.99. The van der Waals surface area contributed by atoms with Crippen LogP contribution in [0.2, 0.25) is 0 Å². The van der Waals surface area contributed by atoms with Gasteiger partial charge in [0.25, 0.3) is 0 Å². The Kier molecular flexibility index (Phi) is 2.53.